The van der Waals surface area contributed by atoms with Crippen molar-refractivity contribution in [3.63, 3.8) is 0 Å². The lowest BCUT2D eigenvalue weighted by molar-refractivity contribution is -0.615. The van der Waals surface area contributed by atoms with E-state index in [4.69, 9.17) is 0 Å². The molecule has 5 heteroatoms. The number of quaternary nitrogens is 1. The second kappa shape index (κ2) is 10.9. The molecule has 0 aliphatic rings. The van der Waals surface area contributed by atoms with E-state index in [-0.39, 0.29) is 16.7 Å². The smallest absolute Gasteiger partial charge is 0.365 e. The highest BCUT2D eigenvalue weighted by molar-refractivity contribution is 5.90. The van der Waals surface area contributed by atoms with Crippen LogP contribution in [-0.4, -0.2) is 33.2 Å². The average molecular weight is 509 g/mol. The number of carboxylic acids is 1. The first-order valence-corrected chi connectivity index (χ1v) is 13.2. The maximum absolute atomic E-state index is 12.9. The van der Waals surface area contributed by atoms with E-state index in [0.717, 1.165) is 35.1 Å². The Balaban J connectivity index is 2.47. The fraction of sp³-hybridized carbons (Fsp3) is 0.500. The first-order chi connectivity index (χ1) is 16.9. The largest absolute Gasteiger partial charge is 0.477 e. The van der Waals surface area contributed by atoms with Gasteiger partial charge in [-0.3, -0.25) is 5.32 Å². The van der Waals surface area contributed by atoms with Gasteiger partial charge in [0.2, 0.25) is 0 Å². The summed E-state index contributed by atoms with van der Waals surface area (Å²) in [4.78, 5) is 24.4. The van der Waals surface area contributed by atoms with Crippen LogP contribution < -0.4 is 5.32 Å². The van der Waals surface area contributed by atoms with E-state index < -0.39 is 17.1 Å². The van der Waals surface area contributed by atoms with Crippen molar-refractivity contribution in [1.29, 1.82) is 0 Å². The molecular formula is C32H46NO4+. The molecule has 0 bridgehead atoms. The van der Waals surface area contributed by atoms with Crippen LogP contribution in [0.5, 0.6) is 0 Å². The Morgan fingerprint density at radius 1 is 0.865 bits per heavy atom. The van der Waals surface area contributed by atoms with Crippen LogP contribution in [0.2, 0.25) is 0 Å². The lowest BCUT2D eigenvalue weighted by Crippen LogP contribution is -3.00. The summed E-state index contributed by atoms with van der Waals surface area (Å²) in [5.41, 5.74) is 3.28. The number of aryl methyl sites for hydroxylation is 2. The zero-order valence-electron chi connectivity index (χ0n) is 24.3. The highest BCUT2D eigenvalue weighted by Gasteiger charge is 2.36. The fourth-order valence-corrected chi connectivity index (χ4v) is 4.60. The Morgan fingerprint density at radius 2 is 1.38 bits per heavy atom. The van der Waals surface area contributed by atoms with E-state index in [2.05, 4.69) is 45.0 Å². The van der Waals surface area contributed by atoms with Gasteiger partial charge in [0.15, 0.2) is 5.54 Å². The third kappa shape index (κ3) is 6.39. The molecule has 0 radical (unpaired) electrons. The van der Waals surface area contributed by atoms with Crippen LogP contribution in [0.25, 0.3) is 6.08 Å². The number of carbonyl (C=O) groups is 2. The first kappa shape index (κ1) is 30.5. The van der Waals surface area contributed by atoms with Gasteiger partial charge < -0.3 is 10.2 Å². The van der Waals surface area contributed by atoms with E-state index in [1.54, 1.807) is 0 Å². The number of carboxylic acid groups (broad SMARTS) is 1. The van der Waals surface area contributed by atoms with Crippen molar-refractivity contribution in [2.45, 2.75) is 98.6 Å². The summed E-state index contributed by atoms with van der Waals surface area (Å²) in [5, 5.41) is 21.5. The standard InChI is InChI=1S/C32H45NO4/c1-11-32(12-2,24-14-13-23(21(3)19-24)17-18-31(10,37)29(5,6)7)25-15-16-26(22(4)20-25)27(34)33-30(8,9)28(35)36/h13-20,37H,11-12H2,1-10H3,(H,33,34)(H,35,36)/p+1/b18-17+. The fourth-order valence-electron chi connectivity index (χ4n) is 4.60. The minimum absolute atomic E-state index is 0.222. The molecule has 0 spiro atoms. The number of rotatable bonds is 9. The van der Waals surface area contributed by atoms with Crippen LogP contribution in [0.15, 0.2) is 42.5 Å². The van der Waals surface area contributed by atoms with Crippen molar-refractivity contribution >= 4 is 18.0 Å². The van der Waals surface area contributed by atoms with Crippen molar-refractivity contribution in [3.05, 3.63) is 75.9 Å². The Hall–Kier alpha value is -2.76. The molecule has 0 aliphatic heterocycles. The first-order valence-electron chi connectivity index (χ1n) is 13.2. The quantitative estimate of drug-likeness (QED) is 0.400. The Morgan fingerprint density at radius 3 is 1.81 bits per heavy atom. The molecule has 4 N–H and O–H groups in total. The van der Waals surface area contributed by atoms with Gasteiger partial charge in [-0.15, -0.1) is 0 Å². The van der Waals surface area contributed by atoms with Crippen molar-refractivity contribution in [2.75, 3.05) is 0 Å². The normalized spacial score (nSPS) is 14.6. The number of aliphatic hydroxyl groups is 1. The summed E-state index contributed by atoms with van der Waals surface area (Å²) in [6, 6.07) is 12.4. The number of hydrogen-bond donors (Lipinski definition) is 3. The molecule has 2 rings (SSSR count). The zero-order valence-corrected chi connectivity index (χ0v) is 24.3. The number of aliphatic carboxylic acids is 1. The van der Waals surface area contributed by atoms with Crippen LogP contribution in [0.3, 0.4) is 0 Å². The van der Waals surface area contributed by atoms with Crippen molar-refractivity contribution in [2.24, 2.45) is 5.41 Å². The van der Waals surface area contributed by atoms with E-state index >= 15 is 0 Å². The summed E-state index contributed by atoms with van der Waals surface area (Å²) in [6.45, 7) is 19.3. The van der Waals surface area contributed by atoms with E-state index in [1.807, 2.05) is 58.9 Å². The SMILES string of the molecule is CCC(CC)(c1ccc(/C=C/C(C)(O)C(C)(C)C)c(C)c1)c1ccc(C(=O)[NH2+]C(C)(C)C(=O)O)c(C)c1. The molecule has 0 saturated carbocycles. The predicted molar refractivity (Wildman–Crippen MR) is 151 cm³/mol. The Labute approximate surface area is 223 Å². The molecule has 0 saturated heterocycles. The van der Waals surface area contributed by atoms with Crippen LogP contribution in [0.4, 0.5) is 0 Å². The number of amides is 1. The minimum atomic E-state index is -1.23. The summed E-state index contributed by atoms with van der Waals surface area (Å²) in [7, 11) is 0. The molecule has 0 heterocycles. The van der Waals surface area contributed by atoms with Crippen molar-refractivity contribution < 1.29 is 25.1 Å². The molecule has 2 aromatic rings. The van der Waals surface area contributed by atoms with Crippen LogP contribution >= 0.6 is 0 Å². The van der Waals surface area contributed by atoms with E-state index in [0.29, 0.717) is 5.56 Å². The van der Waals surface area contributed by atoms with Gasteiger partial charge in [0, 0.05) is 19.3 Å². The lowest BCUT2D eigenvalue weighted by atomic mass is 9.69. The molecule has 1 unspecified atom stereocenters. The zero-order chi connectivity index (χ0) is 28.4. The second-order valence-electron chi connectivity index (χ2n) is 12.2. The highest BCUT2D eigenvalue weighted by atomic mass is 16.4. The maximum atomic E-state index is 12.9. The number of nitrogens with two attached hydrogens (primary N) is 1. The van der Waals surface area contributed by atoms with Gasteiger partial charge in [-0.25, -0.2) is 9.59 Å². The van der Waals surface area contributed by atoms with Gasteiger partial charge in [0.25, 0.3) is 0 Å². The maximum Gasteiger partial charge on any atom is 0.365 e. The van der Waals surface area contributed by atoms with Gasteiger partial charge in [-0.2, -0.15) is 0 Å². The van der Waals surface area contributed by atoms with Crippen LogP contribution in [0.1, 0.15) is 106 Å². The van der Waals surface area contributed by atoms with Crippen LogP contribution in [-0.2, 0) is 10.2 Å². The molecular weight excluding hydrogens is 462 g/mol. The summed E-state index contributed by atoms with van der Waals surface area (Å²) >= 11 is 0. The summed E-state index contributed by atoms with van der Waals surface area (Å²) in [5.74, 6) is -1.30. The topological polar surface area (TPSA) is 91.2 Å². The van der Waals surface area contributed by atoms with Crippen molar-refractivity contribution in [1.82, 2.24) is 0 Å². The average Bonchev–Trinajstić information content (AvgIpc) is 2.78. The third-order valence-corrected chi connectivity index (χ3v) is 8.22. The lowest BCUT2D eigenvalue weighted by Gasteiger charge is -2.35. The number of primary amides is 1. The monoisotopic (exact) mass is 508 g/mol. The molecule has 2 aromatic carbocycles. The third-order valence-electron chi connectivity index (χ3n) is 8.22. The number of carbonyl (C=O) groups excluding carboxylic acids is 1. The molecule has 1 atom stereocenters. The molecule has 0 fully saturated rings. The Bertz CT molecular complexity index is 1180. The van der Waals surface area contributed by atoms with Gasteiger partial charge in [0.05, 0.1) is 11.2 Å². The molecule has 0 aliphatic carbocycles. The number of benzene rings is 2. The molecule has 37 heavy (non-hydrogen) atoms. The molecule has 0 aromatic heterocycles. The summed E-state index contributed by atoms with van der Waals surface area (Å²) in [6.07, 6.45) is 5.66. The van der Waals surface area contributed by atoms with Gasteiger partial charge in [-0.05, 0) is 72.9 Å². The minimum Gasteiger partial charge on any atom is -0.477 e. The predicted octanol–water partition coefficient (Wildman–Crippen LogP) is 5.79. The second-order valence-corrected chi connectivity index (χ2v) is 12.2. The Kier molecular flexibility index (Phi) is 8.99. The molecule has 1 amide bonds. The van der Waals surface area contributed by atoms with Crippen molar-refractivity contribution in [3.8, 4) is 0 Å². The van der Waals surface area contributed by atoms with Gasteiger partial charge in [-0.1, -0.05) is 77.1 Å². The van der Waals surface area contributed by atoms with E-state index in [1.165, 1.54) is 24.7 Å². The highest BCUT2D eigenvalue weighted by Crippen LogP contribution is 2.40. The molecule has 5 nitrogen and oxygen atoms in total. The van der Waals surface area contributed by atoms with Gasteiger partial charge >= 0.3 is 11.9 Å². The van der Waals surface area contributed by atoms with Gasteiger partial charge in [0.1, 0.15) is 0 Å². The number of hydrogen-bond acceptors (Lipinski definition) is 3. The summed E-state index contributed by atoms with van der Waals surface area (Å²) < 4.78 is 0. The van der Waals surface area contributed by atoms with Crippen LogP contribution in [0, 0.1) is 19.3 Å². The molecule has 202 valence electrons. The van der Waals surface area contributed by atoms with E-state index in [9.17, 15) is 19.8 Å².